The molecule has 14 heavy (non-hydrogen) atoms. The van der Waals surface area contributed by atoms with Crippen LogP contribution >= 0.6 is 0 Å². The minimum Gasteiger partial charge on any atom is -0.388 e. The summed E-state index contributed by atoms with van der Waals surface area (Å²) < 4.78 is 5.36. The summed E-state index contributed by atoms with van der Waals surface area (Å²) in [4.78, 5) is 0. The largest absolute Gasteiger partial charge is 0.388 e. The second-order valence-electron chi connectivity index (χ2n) is 5.11. The van der Waals surface area contributed by atoms with E-state index in [1.165, 1.54) is 19.3 Å². The van der Waals surface area contributed by atoms with Crippen molar-refractivity contribution in [1.82, 2.24) is 0 Å². The predicted molar refractivity (Wildman–Crippen MR) is 60.4 cm³/mol. The van der Waals surface area contributed by atoms with Crippen molar-refractivity contribution in [1.29, 1.82) is 0 Å². The number of aliphatic hydroxyl groups is 1. The third-order valence-electron chi connectivity index (χ3n) is 2.03. The van der Waals surface area contributed by atoms with Crippen molar-refractivity contribution >= 4 is 0 Å². The van der Waals surface area contributed by atoms with Crippen molar-refractivity contribution in [3.8, 4) is 0 Å². The van der Waals surface area contributed by atoms with Crippen molar-refractivity contribution in [2.75, 3.05) is 13.2 Å². The molecular formula is C12H26O2. The van der Waals surface area contributed by atoms with Crippen molar-refractivity contribution < 1.29 is 9.84 Å². The second kappa shape index (κ2) is 7.24. The van der Waals surface area contributed by atoms with Gasteiger partial charge in [-0.2, -0.15) is 0 Å². The fourth-order valence-corrected chi connectivity index (χ4v) is 1.26. The number of ether oxygens (including phenoxy) is 1. The van der Waals surface area contributed by atoms with E-state index in [4.69, 9.17) is 4.74 Å². The van der Waals surface area contributed by atoms with Gasteiger partial charge in [0.1, 0.15) is 0 Å². The first-order valence-corrected chi connectivity index (χ1v) is 5.72. The molecule has 0 radical (unpaired) electrons. The van der Waals surface area contributed by atoms with E-state index in [9.17, 15) is 5.11 Å². The van der Waals surface area contributed by atoms with E-state index in [0.29, 0.717) is 6.61 Å². The lowest BCUT2D eigenvalue weighted by Gasteiger charge is -2.16. The van der Waals surface area contributed by atoms with Gasteiger partial charge in [-0.25, -0.2) is 0 Å². The minimum absolute atomic E-state index is 0.442. The molecule has 0 aromatic rings. The molecule has 0 aromatic carbocycles. The van der Waals surface area contributed by atoms with Crippen LogP contribution in [0.25, 0.3) is 0 Å². The Morgan fingerprint density at radius 2 is 1.79 bits per heavy atom. The molecule has 2 nitrogen and oxygen atoms in total. The van der Waals surface area contributed by atoms with E-state index in [2.05, 4.69) is 13.8 Å². The summed E-state index contributed by atoms with van der Waals surface area (Å²) in [6.45, 7) is 9.27. The molecule has 0 aliphatic carbocycles. The van der Waals surface area contributed by atoms with Gasteiger partial charge in [0.25, 0.3) is 0 Å². The van der Waals surface area contributed by atoms with Crippen LogP contribution < -0.4 is 0 Å². The lowest BCUT2D eigenvalue weighted by atomic mass is 10.1. The van der Waals surface area contributed by atoms with Gasteiger partial charge in [0, 0.05) is 6.61 Å². The van der Waals surface area contributed by atoms with E-state index in [1.54, 1.807) is 13.8 Å². The van der Waals surface area contributed by atoms with Crippen molar-refractivity contribution in [2.24, 2.45) is 5.92 Å². The van der Waals surface area contributed by atoms with Gasteiger partial charge in [-0.3, -0.25) is 0 Å². The first kappa shape index (κ1) is 13.9. The maximum absolute atomic E-state index is 9.37. The molecule has 0 amide bonds. The smallest absolute Gasteiger partial charge is 0.0824 e. The maximum Gasteiger partial charge on any atom is 0.0824 e. The lowest BCUT2D eigenvalue weighted by Crippen LogP contribution is -2.26. The molecule has 0 spiro atoms. The van der Waals surface area contributed by atoms with Gasteiger partial charge in [-0.1, -0.05) is 33.1 Å². The topological polar surface area (TPSA) is 29.5 Å². The molecule has 0 aliphatic rings. The molecule has 0 fully saturated rings. The molecule has 86 valence electrons. The highest BCUT2D eigenvalue weighted by Gasteiger charge is 2.11. The predicted octanol–water partition coefficient (Wildman–Crippen LogP) is 2.99. The molecule has 0 heterocycles. The van der Waals surface area contributed by atoms with Crippen LogP contribution in [0.1, 0.15) is 53.4 Å². The number of hydrogen-bond acceptors (Lipinski definition) is 2. The van der Waals surface area contributed by atoms with E-state index in [0.717, 1.165) is 18.9 Å². The monoisotopic (exact) mass is 202 g/mol. The van der Waals surface area contributed by atoms with Crippen LogP contribution in [0.15, 0.2) is 0 Å². The Hall–Kier alpha value is -0.0800. The summed E-state index contributed by atoms with van der Waals surface area (Å²) in [7, 11) is 0. The highest BCUT2D eigenvalue weighted by molar-refractivity contribution is 4.62. The number of rotatable bonds is 8. The van der Waals surface area contributed by atoms with Crippen molar-refractivity contribution in [3.05, 3.63) is 0 Å². The zero-order chi connectivity index (χ0) is 11.0. The molecule has 0 saturated carbocycles. The minimum atomic E-state index is -0.683. The molecular weight excluding hydrogens is 176 g/mol. The number of unbranched alkanes of at least 4 members (excludes halogenated alkanes) is 2. The number of hydrogen-bond donors (Lipinski definition) is 1. The second-order valence-corrected chi connectivity index (χ2v) is 5.11. The molecule has 0 saturated heterocycles. The van der Waals surface area contributed by atoms with Gasteiger partial charge in [-0.05, 0) is 26.2 Å². The van der Waals surface area contributed by atoms with E-state index < -0.39 is 5.60 Å². The molecule has 0 aromatic heterocycles. The SMILES string of the molecule is CC(C)CCCCCOCC(C)(C)O. The lowest BCUT2D eigenvalue weighted by molar-refractivity contribution is -0.0216. The fourth-order valence-electron chi connectivity index (χ4n) is 1.26. The average molecular weight is 202 g/mol. The van der Waals surface area contributed by atoms with Crippen molar-refractivity contribution in [2.45, 2.75) is 59.0 Å². The van der Waals surface area contributed by atoms with Crippen LogP contribution in [-0.2, 0) is 4.74 Å². The van der Waals surface area contributed by atoms with Gasteiger partial charge in [0.2, 0.25) is 0 Å². The fraction of sp³-hybridized carbons (Fsp3) is 1.00. The summed E-state index contributed by atoms with van der Waals surface area (Å²) in [5, 5.41) is 9.37. The molecule has 0 bridgehead atoms. The quantitative estimate of drug-likeness (QED) is 0.613. The summed E-state index contributed by atoms with van der Waals surface area (Å²) in [6.07, 6.45) is 4.96. The normalized spacial score (nSPS) is 12.4. The first-order chi connectivity index (χ1) is 6.42. The molecule has 0 unspecified atom stereocenters. The Morgan fingerprint density at radius 1 is 1.14 bits per heavy atom. The van der Waals surface area contributed by atoms with Crippen LogP contribution in [0, 0.1) is 5.92 Å². The van der Waals surface area contributed by atoms with E-state index in [-0.39, 0.29) is 0 Å². The third-order valence-corrected chi connectivity index (χ3v) is 2.03. The Kier molecular flexibility index (Phi) is 7.20. The van der Waals surface area contributed by atoms with Crippen LogP contribution in [-0.4, -0.2) is 23.9 Å². The van der Waals surface area contributed by atoms with Crippen LogP contribution in [0.5, 0.6) is 0 Å². The Bertz CT molecular complexity index is 125. The van der Waals surface area contributed by atoms with E-state index >= 15 is 0 Å². The van der Waals surface area contributed by atoms with Crippen LogP contribution in [0.4, 0.5) is 0 Å². The van der Waals surface area contributed by atoms with Gasteiger partial charge < -0.3 is 9.84 Å². The van der Waals surface area contributed by atoms with Gasteiger partial charge in [0.15, 0.2) is 0 Å². The van der Waals surface area contributed by atoms with Crippen LogP contribution in [0.2, 0.25) is 0 Å². The highest BCUT2D eigenvalue weighted by atomic mass is 16.5. The van der Waals surface area contributed by atoms with Crippen LogP contribution in [0.3, 0.4) is 0 Å². The van der Waals surface area contributed by atoms with Gasteiger partial charge in [-0.15, -0.1) is 0 Å². The molecule has 0 aliphatic heterocycles. The standard InChI is InChI=1S/C12H26O2/c1-11(2)8-6-5-7-9-14-10-12(3,4)13/h11,13H,5-10H2,1-4H3. The molecule has 2 heteroatoms. The average Bonchev–Trinajstić information content (AvgIpc) is 2.00. The maximum atomic E-state index is 9.37. The zero-order valence-electron chi connectivity index (χ0n) is 10.2. The molecule has 0 atom stereocenters. The van der Waals surface area contributed by atoms with Gasteiger partial charge in [0.05, 0.1) is 12.2 Å². The first-order valence-electron chi connectivity index (χ1n) is 5.72. The zero-order valence-corrected chi connectivity index (χ0v) is 10.2. The van der Waals surface area contributed by atoms with E-state index in [1.807, 2.05) is 0 Å². The molecule has 1 N–H and O–H groups in total. The highest BCUT2D eigenvalue weighted by Crippen LogP contribution is 2.08. The Labute approximate surface area is 88.7 Å². The Morgan fingerprint density at radius 3 is 2.29 bits per heavy atom. The summed E-state index contributed by atoms with van der Waals surface area (Å²) in [6, 6.07) is 0. The summed E-state index contributed by atoms with van der Waals surface area (Å²) in [5.74, 6) is 0.812. The molecule has 0 rings (SSSR count). The van der Waals surface area contributed by atoms with Crippen molar-refractivity contribution in [3.63, 3.8) is 0 Å². The summed E-state index contributed by atoms with van der Waals surface area (Å²) in [5.41, 5.74) is -0.683. The van der Waals surface area contributed by atoms with Gasteiger partial charge >= 0.3 is 0 Å². The third kappa shape index (κ3) is 11.9. The summed E-state index contributed by atoms with van der Waals surface area (Å²) >= 11 is 0. The Balaban J connectivity index is 3.07.